The smallest absolute Gasteiger partial charge is 0.241 e. The van der Waals surface area contributed by atoms with E-state index in [-0.39, 0.29) is 0 Å². The Bertz CT molecular complexity index is 1200. The Balaban J connectivity index is 1.18. The normalized spacial score (nSPS) is 15.7. The number of benzene rings is 1. The molecule has 0 aliphatic carbocycles. The Kier molecular flexibility index (Phi) is 5.25. The van der Waals surface area contributed by atoms with Gasteiger partial charge in [0.25, 0.3) is 0 Å². The molecule has 8 nitrogen and oxygen atoms in total. The van der Waals surface area contributed by atoms with Gasteiger partial charge in [0.2, 0.25) is 11.7 Å². The van der Waals surface area contributed by atoms with E-state index in [1.807, 2.05) is 43.0 Å². The van der Waals surface area contributed by atoms with E-state index in [0.717, 1.165) is 60.6 Å². The van der Waals surface area contributed by atoms with Crippen LogP contribution in [0.25, 0.3) is 22.4 Å². The maximum Gasteiger partial charge on any atom is 0.241 e. The van der Waals surface area contributed by atoms with Gasteiger partial charge in [0.15, 0.2) is 5.65 Å². The van der Waals surface area contributed by atoms with Gasteiger partial charge in [0.1, 0.15) is 0 Å². The molecule has 1 aromatic carbocycles. The highest BCUT2D eigenvalue weighted by Gasteiger charge is 2.20. The van der Waals surface area contributed by atoms with Crippen molar-refractivity contribution in [2.24, 2.45) is 7.05 Å². The topological polar surface area (TPSA) is 76.1 Å². The van der Waals surface area contributed by atoms with Gasteiger partial charge in [-0.15, -0.1) is 0 Å². The van der Waals surface area contributed by atoms with Crippen molar-refractivity contribution < 1.29 is 4.52 Å². The molecular formula is C23H27N7O. The number of rotatable bonds is 5. The van der Waals surface area contributed by atoms with Crippen LogP contribution in [0.3, 0.4) is 0 Å². The molecule has 1 fully saturated rings. The molecule has 0 spiro atoms. The zero-order valence-corrected chi connectivity index (χ0v) is 18.2. The Morgan fingerprint density at radius 2 is 1.74 bits per heavy atom. The number of pyridine rings is 1. The van der Waals surface area contributed by atoms with Crippen LogP contribution in [-0.2, 0) is 20.1 Å². The van der Waals surface area contributed by atoms with Crippen LogP contribution in [0.1, 0.15) is 22.7 Å². The van der Waals surface area contributed by atoms with Crippen LogP contribution in [0.2, 0.25) is 0 Å². The summed E-state index contributed by atoms with van der Waals surface area (Å²) in [5.41, 5.74) is 5.38. The van der Waals surface area contributed by atoms with Crippen molar-refractivity contribution in [3.05, 3.63) is 59.2 Å². The Labute approximate surface area is 181 Å². The van der Waals surface area contributed by atoms with E-state index in [4.69, 9.17) is 4.52 Å². The molecule has 0 saturated carbocycles. The summed E-state index contributed by atoms with van der Waals surface area (Å²) in [7, 11) is 1.94. The van der Waals surface area contributed by atoms with Crippen LogP contribution in [0.5, 0.6) is 0 Å². The van der Waals surface area contributed by atoms with Crippen LogP contribution in [0, 0.1) is 13.8 Å². The fourth-order valence-corrected chi connectivity index (χ4v) is 4.24. The predicted octanol–water partition coefficient (Wildman–Crippen LogP) is 2.95. The van der Waals surface area contributed by atoms with E-state index in [2.05, 4.69) is 49.1 Å². The summed E-state index contributed by atoms with van der Waals surface area (Å²) in [6.45, 7) is 9.65. The third kappa shape index (κ3) is 4.08. The number of nitrogens with zero attached hydrogens (tertiary/aromatic N) is 7. The Morgan fingerprint density at radius 3 is 2.52 bits per heavy atom. The van der Waals surface area contributed by atoms with E-state index in [1.165, 1.54) is 5.56 Å². The molecule has 4 heterocycles. The number of aryl methyl sites for hydroxylation is 3. The molecule has 0 amide bonds. The highest BCUT2D eigenvalue weighted by atomic mass is 16.5. The standard InChI is InChI=1S/C23H27N7O/c1-16-6-4-5-7-19(16)22-25-21(31-27-22)15-30-10-8-29(9-11-30)14-18-12-20-17(2)26-28(3)23(20)24-13-18/h4-7,12-13H,8-11,14-15H2,1-3H3. The lowest BCUT2D eigenvalue weighted by molar-refractivity contribution is 0.112. The number of piperazine rings is 1. The molecule has 0 atom stereocenters. The van der Waals surface area contributed by atoms with Gasteiger partial charge in [-0.2, -0.15) is 10.1 Å². The number of fused-ring (bicyclic) bond motifs is 1. The van der Waals surface area contributed by atoms with Gasteiger partial charge >= 0.3 is 0 Å². The first-order chi connectivity index (χ1) is 15.1. The third-order valence-electron chi connectivity index (χ3n) is 6.00. The predicted molar refractivity (Wildman–Crippen MR) is 118 cm³/mol. The van der Waals surface area contributed by atoms with Crippen LogP contribution in [0.15, 0.2) is 41.1 Å². The molecule has 1 saturated heterocycles. The number of hydrogen-bond acceptors (Lipinski definition) is 7. The lowest BCUT2D eigenvalue weighted by Gasteiger charge is -2.33. The SMILES string of the molecule is Cc1ccccc1-c1noc(CN2CCN(Cc3cnc4c(c3)c(C)nn4C)CC2)n1. The summed E-state index contributed by atoms with van der Waals surface area (Å²) in [5.74, 6) is 1.34. The highest BCUT2D eigenvalue weighted by molar-refractivity contribution is 5.78. The van der Waals surface area contributed by atoms with Gasteiger partial charge in [0.05, 0.1) is 12.2 Å². The summed E-state index contributed by atoms with van der Waals surface area (Å²) in [4.78, 5) is 14.1. The Morgan fingerprint density at radius 1 is 1.00 bits per heavy atom. The number of aromatic nitrogens is 5. The molecule has 3 aromatic heterocycles. The summed E-state index contributed by atoms with van der Waals surface area (Å²) < 4.78 is 7.36. The van der Waals surface area contributed by atoms with E-state index in [9.17, 15) is 0 Å². The van der Waals surface area contributed by atoms with E-state index >= 15 is 0 Å². The molecule has 0 radical (unpaired) electrons. The summed E-state index contributed by atoms with van der Waals surface area (Å²) in [5, 5.41) is 9.79. The monoisotopic (exact) mass is 417 g/mol. The summed E-state index contributed by atoms with van der Waals surface area (Å²) in [6, 6.07) is 10.3. The van der Waals surface area contributed by atoms with Crippen molar-refractivity contribution in [1.29, 1.82) is 0 Å². The van der Waals surface area contributed by atoms with Gasteiger partial charge in [-0.3, -0.25) is 14.5 Å². The quantitative estimate of drug-likeness (QED) is 0.494. The first-order valence-electron chi connectivity index (χ1n) is 10.7. The van der Waals surface area contributed by atoms with Crippen molar-refractivity contribution in [3.8, 4) is 11.4 Å². The minimum atomic E-state index is 0.667. The average molecular weight is 418 g/mol. The van der Waals surface area contributed by atoms with Crippen LogP contribution < -0.4 is 0 Å². The average Bonchev–Trinajstić information content (AvgIpc) is 3.34. The highest BCUT2D eigenvalue weighted by Crippen LogP contribution is 2.21. The van der Waals surface area contributed by atoms with Gasteiger partial charge < -0.3 is 4.52 Å². The molecule has 0 bridgehead atoms. The van der Waals surface area contributed by atoms with Gasteiger partial charge in [0, 0.05) is 56.9 Å². The molecule has 4 aromatic rings. The molecule has 8 heteroatoms. The van der Waals surface area contributed by atoms with Crippen molar-refractivity contribution in [2.75, 3.05) is 26.2 Å². The summed E-state index contributed by atoms with van der Waals surface area (Å²) >= 11 is 0. The van der Waals surface area contributed by atoms with E-state index in [1.54, 1.807) is 0 Å². The fraction of sp³-hybridized carbons (Fsp3) is 0.391. The number of hydrogen-bond donors (Lipinski definition) is 0. The Hall–Kier alpha value is -3.10. The zero-order chi connectivity index (χ0) is 21.4. The van der Waals surface area contributed by atoms with Crippen molar-refractivity contribution in [1.82, 2.24) is 34.7 Å². The molecule has 0 N–H and O–H groups in total. The van der Waals surface area contributed by atoms with Crippen LogP contribution >= 0.6 is 0 Å². The van der Waals surface area contributed by atoms with Crippen molar-refractivity contribution in [3.63, 3.8) is 0 Å². The van der Waals surface area contributed by atoms with Crippen LogP contribution in [0.4, 0.5) is 0 Å². The lowest BCUT2D eigenvalue weighted by Crippen LogP contribution is -2.45. The second-order valence-corrected chi connectivity index (χ2v) is 8.30. The maximum atomic E-state index is 5.52. The first kappa shape index (κ1) is 19.8. The van der Waals surface area contributed by atoms with Crippen LogP contribution in [-0.4, -0.2) is 60.9 Å². The van der Waals surface area contributed by atoms with E-state index < -0.39 is 0 Å². The van der Waals surface area contributed by atoms with Gasteiger partial charge in [-0.05, 0) is 31.0 Å². The van der Waals surface area contributed by atoms with Gasteiger partial charge in [-0.1, -0.05) is 29.4 Å². The molecular weight excluding hydrogens is 390 g/mol. The largest absolute Gasteiger partial charge is 0.338 e. The minimum absolute atomic E-state index is 0.667. The molecule has 1 aliphatic heterocycles. The van der Waals surface area contributed by atoms with E-state index in [0.29, 0.717) is 18.3 Å². The molecule has 160 valence electrons. The zero-order valence-electron chi connectivity index (χ0n) is 18.2. The second-order valence-electron chi connectivity index (χ2n) is 8.30. The lowest BCUT2D eigenvalue weighted by atomic mass is 10.1. The third-order valence-corrected chi connectivity index (χ3v) is 6.00. The molecule has 0 unspecified atom stereocenters. The fourth-order valence-electron chi connectivity index (χ4n) is 4.24. The van der Waals surface area contributed by atoms with Crippen molar-refractivity contribution in [2.45, 2.75) is 26.9 Å². The molecule has 5 rings (SSSR count). The van der Waals surface area contributed by atoms with Crippen molar-refractivity contribution >= 4 is 11.0 Å². The minimum Gasteiger partial charge on any atom is -0.338 e. The molecule has 31 heavy (non-hydrogen) atoms. The summed E-state index contributed by atoms with van der Waals surface area (Å²) in [6.07, 6.45) is 1.97. The first-order valence-corrected chi connectivity index (χ1v) is 10.7. The molecule has 1 aliphatic rings. The maximum absolute atomic E-state index is 5.52. The second kappa shape index (κ2) is 8.20. The van der Waals surface area contributed by atoms with Gasteiger partial charge in [-0.25, -0.2) is 4.98 Å².